The fourth-order valence-corrected chi connectivity index (χ4v) is 3.52. The quantitative estimate of drug-likeness (QED) is 0.677. The molecule has 4 rings (SSSR count). The Morgan fingerprint density at radius 1 is 1.04 bits per heavy atom. The standard InChI is InChI=1S/C22H24N2O/c1-3-18-6-4-5-7-21(18)23-13-12-19(16-23)22-24(14-15-25-22)20-10-8-17(2)9-11-20/h4-13,16,22H,3,14-15H2,1-2H3. The van der Waals surface area contributed by atoms with Gasteiger partial charge >= 0.3 is 0 Å². The molecule has 128 valence electrons. The number of hydrogen-bond donors (Lipinski definition) is 0. The molecule has 0 saturated carbocycles. The average Bonchev–Trinajstić information content (AvgIpc) is 3.31. The molecule has 1 aliphatic rings. The summed E-state index contributed by atoms with van der Waals surface area (Å²) in [6.45, 7) is 6.00. The van der Waals surface area contributed by atoms with Crippen LogP contribution in [-0.4, -0.2) is 17.7 Å². The van der Waals surface area contributed by atoms with E-state index in [1.807, 2.05) is 0 Å². The van der Waals surface area contributed by atoms with Crippen LogP contribution in [0.15, 0.2) is 67.0 Å². The Hall–Kier alpha value is -2.52. The summed E-state index contributed by atoms with van der Waals surface area (Å²) in [5.41, 5.74) is 6.30. The second-order valence-electron chi connectivity index (χ2n) is 6.59. The molecule has 1 saturated heterocycles. The number of aryl methyl sites for hydroxylation is 2. The molecule has 0 spiro atoms. The topological polar surface area (TPSA) is 17.4 Å². The molecule has 0 amide bonds. The molecule has 3 nitrogen and oxygen atoms in total. The van der Waals surface area contributed by atoms with E-state index in [1.54, 1.807) is 0 Å². The van der Waals surface area contributed by atoms with Gasteiger partial charge in [-0.2, -0.15) is 0 Å². The van der Waals surface area contributed by atoms with E-state index in [-0.39, 0.29) is 6.23 Å². The molecule has 3 heteroatoms. The largest absolute Gasteiger partial charge is 0.352 e. The van der Waals surface area contributed by atoms with Crippen LogP contribution in [0.2, 0.25) is 0 Å². The Morgan fingerprint density at radius 3 is 2.64 bits per heavy atom. The summed E-state index contributed by atoms with van der Waals surface area (Å²) >= 11 is 0. The molecular weight excluding hydrogens is 308 g/mol. The van der Waals surface area contributed by atoms with Crippen molar-refractivity contribution in [3.05, 3.63) is 83.7 Å². The van der Waals surface area contributed by atoms with E-state index in [2.05, 4.69) is 90.3 Å². The monoisotopic (exact) mass is 332 g/mol. The first-order valence-corrected chi connectivity index (χ1v) is 8.97. The van der Waals surface area contributed by atoms with Crippen LogP contribution in [0.25, 0.3) is 5.69 Å². The van der Waals surface area contributed by atoms with Crippen LogP contribution >= 0.6 is 0 Å². The molecule has 1 atom stereocenters. The lowest BCUT2D eigenvalue weighted by molar-refractivity contribution is 0.114. The van der Waals surface area contributed by atoms with Gasteiger partial charge in [-0.1, -0.05) is 42.8 Å². The number of nitrogens with zero attached hydrogens (tertiary/aromatic N) is 2. The van der Waals surface area contributed by atoms with Crippen LogP contribution in [0.4, 0.5) is 5.69 Å². The lowest BCUT2D eigenvalue weighted by Crippen LogP contribution is -2.22. The minimum absolute atomic E-state index is 0.0160. The van der Waals surface area contributed by atoms with Gasteiger partial charge in [0, 0.05) is 35.9 Å². The molecular formula is C22H24N2O. The molecule has 0 N–H and O–H groups in total. The van der Waals surface area contributed by atoms with Crippen molar-refractivity contribution in [3.8, 4) is 5.69 Å². The van der Waals surface area contributed by atoms with Crippen LogP contribution in [-0.2, 0) is 11.2 Å². The van der Waals surface area contributed by atoms with E-state index in [0.29, 0.717) is 0 Å². The van der Waals surface area contributed by atoms with E-state index >= 15 is 0 Å². The highest BCUT2D eigenvalue weighted by Gasteiger charge is 2.28. The number of ether oxygens (including phenoxy) is 1. The van der Waals surface area contributed by atoms with Crippen molar-refractivity contribution in [1.82, 2.24) is 4.57 Å². The fraction of sp³-hybridized carbons (Fsp3) is 0.273. The predicted octanol–water partition coefficient (Wildman–Crippen LogP) is 4.88. The third-order valence-electron chi connectivity index (χ3n) is 4.91. The Labute approximate surface area is 149 Å². The fourth-order valence-electron chi connectivity index (χ4n) is 3.52. The first-order chi connectivity index (χ1) is 12.3. The summed E-state index contributed by atoms with van der Waals surface area (Å²) in [6, 6.07) is 19.4. The summed E-state index contributed by atoms with van der Waals surface area (Å²) in [7, 11) is 0. The molecule has 1 unspecified atom stereocenters. The van der Waals surface area contributed by atoms with E-state index in [1.165, 1.54) is 28.1 Å². The molecule has 3 aromatic rings. The van der Waals surface area contributed by atoms with Gasteiger partial charge < -0.3 is 14.2 Å². The summed E-state index contributed by atoms with van der Waals surface area (Å²) in [5, 5.41) is 0. The number of benzene rings is 2. The van der Waals surface area contributed by atoms with Gasteiger partial charge in [0.2, 0.25) is 0 Å². The second-order valence-corrected chi connectivity index (χ2v) is 6.59. The normalized spacial score (nSPS) is 17.2. The highest BCUT2D eigenvalue weighted by atomic mass is 16.5. The average molecular weight is 332 g/mol. The first kappa shape index (κ1) is 16.0. The van der Waals surface area contributed by atoms with E-state index < -0.39 is 0 Å². The number of rotatable bonds is 4. The first-order valence-electron chi connectivity index (χ1n) is 8.97. The zero-order valence-electron chi connectivity index (χ0n) is 14.9. The van der Waals surface area contributed by atoms with Gasteiger partial charge in [-0.3, -0.25) is 0 Å². The molecule has 2 aromatic carbocycles. The number of aromatic nitrogens is 1. The van der Waals surface area contributed by atoms with Crippen molar-refractivity contribution in [1.29, 1.82) is 0 Å². The second kappa shape index (κ2) is 6.77. The highest BCUT2D eigenvalue weighted by Crippen LogP contribution is 2.33. The van der Waals surface area contributed by atoms with Gasteiger partial charge in [0.25, 0.3) is 0 Å². The van der Waals surface area contributed by atoms with Crippen LogP contribution in [0.3, 0.4) is 0 Å². The molecule has 1 aliphatic heterocycles. The Bertz CT molecular complexity index is 850. The third kappa shape index (κ3) is 3.08. The minimum atomic E-state index is -0.0160. The molecule has 1 aromatic heterocycles. The van der Waals surface area contributed by atoms with Crippen molar-refractivity contribution in [2.75, 3.05) is 18.1 Å². The minimum Gasteiger partial charge on any atom is -0.352 e. The van der Waals surface area contributed by atoms with Gasteiger partial charge in [0.15, 0.2) is 6.23 Å². The van der Waals surface area contributed by atoms with Gasteiger partial charge in [-0.15, -0.1) is 0 Å². The maximum Gasteiger partial charge on any atom is 0.158 e. The number of anilines is 1. The van der Waals surface area contributed by atoms with Gasteiger partial charge in [-0.25, -0.2) is 0 Å². The lowest BCUT2D eigenvalue weighted by Gasteiger charge is -2.24. The summed E-state index contributed by atoms with van der Waals surface area (Å²) in [5.74, 6) is 0. The van der Waals surface area contributed by atoms with Crippen LogP contribution in [0.5, 0.6) is 0 Å². The van der Waals surface area contributed by atoms with E-state index in [4.69, 9.17) is 4.74 Å². The van der Waals surface area contributed by atoms with Crippen molar-refractivity contribution >= 4 is 5.69 Å². The van der Waals surface area contributed by atoms with Gasteiger partial charge in [-0.05, 0) is 43.2 Å². The summed E-state index contributed by atoms with van der Waals surface area (Å²) in [4.78, 5) is 2.34. The van der Waals surface area contributed by atoms with Crippen molar-refractivity contribution in [2.45, 2.75) is 26.5 Å². The van der Waals surface area contributed by atoms with Crippen LogP contribution < -0.4 is 4.90 Å². The molecule has 0 aliphatic carbocycles. The maximum absolute atomic E-state index is 6.05. The number of hydrogen-bond acceptors (Lipinski definition) is 2. The van der Waals surface area contributed by atoms with E-state index in [0.717, 1.165) is 19.6 Å². The molecule has 0 radical (unpaired) electrons. The summed E-state index contributed by atoms with van der Waals surface area (Å²) in [6.07, 6.45) is 5.35. The predicted molar refractivity (Wildman–Crippen MR) is 102 cm³/mol. The molecule has 25 heavy (non-hydrogen) atoms. The van der Waals surface area contributed by atoms with E-state index in [9.17, 15) is 0 Å². The molecule has 0 bridgehead atoms. The summed E-state index contributed by atoms with van der Waals surface area (Å²) < 4.78 is 8.27. The Balaban J connectivity index is 1.64. The number of para-hydroxylation sites is 1. The maximum atomic E-state index is 6.05. The lowest BCUT2D eigenvalue weighted by atomic mass is 10.1. The van der Waals surface area contributed by atoms with Crippen molar-refractivity contribution in [2.24, 2.45) is 0 Å². The van der Waals surface area contributed by atoms with Crippen molar-refractivity contribution < 1.29 is 4.74 Å². The Morgan fingerprint density at radius 2 is 1.84 bits per heavy atom. The van der Waals surface area contributed by atoms with Gasteiger partial charge in [0.05, 0.1) is 6.61 Å². The zero-order chi connectivity index (χ0) is 17.2. The highest BCUT2D eigenvalue weighted by molar-refractivity contribution is 5.50. The van der Waals surface area contributed by atoms with Crippen LogP contribution in [0.1, 0.15) is 29.8 Å². The smallest absolute Gasteiger partial charge is 0.158 e. The SMILES string of the molecule is CCc1ccccc1-n1ccc(C2OCCN2c2ccc(C)cc2)c1. The van der Waals surface area contributed by atoms with Crippen molar-refractivity contribution in [3.63, 3.8) is 0 Å². The molecule has 1 fully saturated rings. The zero-order valence-corrected chi connectivity index (χ0v) is 14.9. The third-order valence-corrected chi connectivity index (χ3v) is 4.91. The molecule has 2 heterocycles. The Kier molecular flexibility index (Phi) is 4.33. The van der Waals surface area contributed by atoms with Crippen LogP contribution in [0, 0.1) is 6.92 Å². The van der Waals surface area contributed by atoms with Gasteiger partial charge in [0.1, 0.15) is 0 Å².